The number of hydrogen-bond acceptors (Lipinski definition) is 2. The van der Waals surface area contributed by atoms with E-state index in [1.165, 1.54) is 51.6 Å². The number of hydrogen-bond donors (Lipinski definition) is 1. The molecule has 1 saturated heterocycles. The molecule has 0 amide bonds. The highest BCUT2D eigenvalue weighted by Gasteiger charge is 2.34. The van der Waals surface area contributed by atoms with Gasteiger partial charge in [0.15, 0.2) is 0 Å². The first kappa shape index (κ1) is 13.4. The lowest BCUT2D eigenvalue weighted by molar-refractivity contribution is 0.0710. The first-order valence-electron chi connectivity index (χ1n) is 7.63. The van der Waals surface area contributed by atoms with Crippen molar-refractivity contribution in [3.63, 3.8) is 0 Å². The van der Waals surface area contributed by atoms with Crippen molar-refractivity contribution in [3.05, 3.63) is 0 Å². The quantitative estimate of drug-likeness (QED) is 0.813. The SMILES string of the molecule is CNC1CCC(C(C)C)CC1N1CCCCC1. The molecule has 1 saturated carbocycles. The summed E-state index contributed by atoms with van der Waals surface area (Å²) in [5, 5.41) is 3.57. The van der Waals surface area contributed by atoms with Gasteiger partial charge in [-0.3, -0.25) is 4.90 Å². The molecule has 100 valence electrons. The van der Waals surface area contributed by atoms with Crippen LogP contribution < -0.4 is 5.32 Å². The number of nitrogens with one attached hydrogen (secondary N) is 1. The molecule has 0 spiro atoms. The van der Waals surface area contributed by atoms with Gasteiger partial charge in [-0.05, 0) is 64.1 Å². The van der Waals surface area contributed by atoms with Gasteiger partial charge < -0.3 is 5.32 Å². The molecule has 17 heavy (non-hydrogen) atoms. The largest absolute Gasteiger partial charge is 0.315 e. The van der Waals surface area contributed by atoms with Crippen LogP contribution in [0.3, 0.4) is 0 Å². The van der Waals surface area contributed by atoms with E-state index in [1.807, 2.05) is 0 Å². The van der Waals surface area contributed by atoms with Crippen LogP contribution in [0.4, 0.5) is 0 Å². The van der Waals surface area contributed by atoms with Gasteiger partial charge in [0.1, 0.15) is 0 Å². The van der Waals surface area contributed by atoms with E-state index in [0.717, 1.165) is 23.9 Å². The van der Waals surface area contributed by atoms with Crippen LogP contribution in [-0.2, 0) is 0 Å². The highest BCUT2D eigenvalue weighted by atomic mass is 15.2. The lowest BCUT2D eigenvalue weighted by Crippen LogP contribution is -2.54. The molecule has 0 aromatic heterocycles. The number of rotatable bonds is 3. The zero-order valence-corrected chi connectivity index (χ0v) is 11.9. The third-order valence-corrected chi connectivity index (χ3v) is 5.03. The van der Waals surface area contributed by atoms with Gasteiger partial charge in [-0.1, -0.05) is 20.3 Å². The molecule has 2 nitrogen and oxygen atoms in total. The minimum absolute atomic E-state index is 0.739. The molecule has 0 bridgehead atoms. The Morgan fingerprint density at radius 2 is 1.76 bits per heavy atom. The second kappa shape index (κ2) is 6.19. The number of likely N-dealkylation sites (tertiary alicyclic amines) is 1. The smallest absolute Gasteiger partial charge is 0.0251 e. The highest BCUT2D eigenvalue weighted by molar-refractivity contribution is 4.92. The Hall–Kier alpha value is -0.0800. The minimum atomic E-state index is 0.739. The van der Waals surface area contributed by atoms with Crippen LogP contribution in [-0.4, -0.2) is 37.1 Å². The molecule has 2 heteroatoms. The molecule has 1 N–H and O–H groups in total. The van der Waals surface area contributed by atoms with Crippen LogP contribution in [0.15, 0.2) is 0 Å². The van der Waals surface area contributed by atoms with Crippen LogP contribution in [0.2, 0.25) is 0 Å². The number of piperidine rings is 1. The number of likely N-dealkylation sites (N-methyl/N-ethyl adjacent to an activating group) is 1. The van der Waals surface area contributed by atoms with Crippen LogP contribution >= 0.6 is 0 Å². The summed E-state index contributed by atoms with van der Waals surface area (Å²) in [6, 6.07) is 1.55. The molecule has 2 fully saturated rings. The second-order valence-electron chi connectivity index (χ2n) is 6.38. The monoisotopic (exact) mass is 238 g/mol. The second-order valence-corrected chi connectivity index (χ2v) is 6.38. The lowest BCUT2D eigenvalue weighted by Gasteiger charge is -2.45. The Morgan fingerprint density at radius 3 is 2.35 bits per heavy atom. The van der Waals surface area contributed by atoms with Crippen molar-refractivity contribution in [2.45, 2.75) is 64.5 Å². The lowest BCUT2D eigenvalue weighted by atomic mass is 9.76. The van der Waals surface area contributed by atoms with Gasteiger partial charge in [0.05, 0.1) is 0 Å². The molecule has 3 unspecified atom stereocenters. The molecule has 3 atom stereocenters. The van der Waals surface area contributed by atoms with Gasteiger partial charge in [0.2, 0.25) is 0 Å². The molecule has 1 aliphatic heterocycles. The molecular weight excluding hydrogens is 208 g/mol. The van der Waals surface area contributed by atoms with Crippen molar-refractivity contribution in [2.24, 2.45) is 11.8 Å². The maximum Gasteiger partial charge on any atom is 0.0251 e. The predicted molar refractivity (Wildman–Crippen MR) is 74.2 cm³/mol. The van der Waals surface area contributed by atoms with Crippen molar-refractivity contribution in [2.75, 3.05) is 20.1 Å². The van der Waals surface area contributed by atoms with E-state index in [-0.39, 0.29) is 0 Å². The fourth-order valence-electron chi connectivity index (χ4n) is 3.77. The summed E-state index contributed by atoms with van der Waals surface area (Å²) in [5.74, 6) is 1.81. The fraction of sp³-hybridized carbons (Fsp3) is 1.00. The normalized spacial score (nSPS) is 36.4. The van der Waals surface area contributed by atoms with Gasteiger partial charge in [-0.15, -0.1) is 0 Å². The Bertz CT molecular complexity index is 221. The van der Waals surface area contributed by atoms with Gasteiger partial charge in [-0.2, -0.15) is 0 Å². The zero-order chi connectivity index (χ0) is 12.3. The van der Waals surface area contributed by atoms with E-state index < -0.39 is 0 Å². The zero-order valence-electron chi connectivity index (χ0n) is 11.9. The molecule has 0 aromatic carbocycles. The van der Waals surface area contributed by atoms with Crippen LogP contribution in [0, 0.1) is 11.8 Å². The molecular formula is C15H30N2. The first-order chi connectivity index (χ1) is 8.22. The standard InChI is InChI=1S/C15H30N2/c1-12(2)13-7-8-14(16-3)15(11-13)17-9-5-4-6-10-17/h12-16H,4-11H2,1-3H3. The van der Waals surface area contributed by atoms with Gasteiger partial charge in [0, 0.05) is 12.1 Å². The minimum Gasteiger partial charge on any atom is -0.315 e. The topological polar surface area (TPSA) is 15.3 Å². The summed E-state index contributed by atoms with van der Waals surface area (Å²) < 4.78 is 0. The van der Waals surface area contributed by atoms with E-state index >= 15 is 0 Å². The van der Waals surface area contributed by atoms with Crippen LogP contribution in [0.1, 0.15) is 52.4 Å². The summed E-state index contributed by atoms with van der Waals surface area (Å²) in [4.78, 5) is 2.78. The highest BCUT2D eigenvalue weighted by Crippen LogP contribution is 2.33. The predicted octanol–water partition coefficient (Wildman–Crippen LogP) is 2.89. The molecule has 0 radical (unpaired) electrons. The average molecular weight is 238 g/mol. The Balaban J connectivity index is 1.98. The summed E-state index contributed by atoms with van der Waals surface area (Å²) in [5.41, 5.74) is 0. The van der Waals surface area contributed by atoms with Gasteiger partial charge in [0.25, 0.3) is 0 Å². The Morgan fingerprint density at radius 1 is 1.06 bits per heavy atom. The summed E-state index contributed by atoms with van der Waals surface area (Å²) in [6.07, 6.45) is 8.50. The van der Waals surface area contributed by atoms with Gasteiger partial charge >= 0.3 is 0 Å². The van der Waals surface area contributed by atoms with E-state index in [1.54, 1.807) is 0 Å². The third-order valence-electron chi connectivity index (χ3n) is 5.03. The van der Waals surface area contributed by atoms with Gasteiger partial charge in [-0.25, -0.2) is 0 Å². The summed E-state index contributed by atoms with van der Waals surface area (Å²) in [7, 11) is 2.15. The van der Waals surface area contributed by atoms with E-state index in [9.17, 15) is 0 Å². The summed E-state index contributed by atoms with van der Waals surface area (Å²) >= 11 is 0. The first-order valence-corrected chi connectivity index (χ1v) is 7.63. The van der Waals surface area contributed by atoms with Crippen molar-refractivity contribution in [1.82, 2.24) is 10.2 Å². The van der Waals surface area contributed by atoms with Crippen LogP contribution in [0.25, 0.3) is 0 Å². The third kappa shape index (κ3) is 3.23. The fourth-order valence-corrected chi connectivity index (χ4v) is 3.77. The van der Waals surface area contributed by atoms with Crippen molar-refractivity contribution in [1.29, 1.82) is 0 Å². The average Bonchev–Trinajstić information content (AvgIpc) is 2.39. The van der Waals surface area contributed by atoms with Crippen molar-refractivity contribution >= 4 is 0 Å². The van der Waals surface area contributed by atoms with Crippen molar-refractivity contribution in [3.8, 4) is 0 Å². The Labute approximate surface area is 107 Å². The molecule has 2 aliphatic rings. The maximum absolute atomic E-state index is 3.57. The van der Waals surface area contributed by atoms with Crippen LogP contribution in [0.5, 0.6) is 0 Å². The van der Waals surface area contributed by atoms with E-state index in [2.05, 4.69) is 31.1 Å². The van der Waals surface area contributed by atoms with Crippen molar-refractivity contribution < 1.29 is 0 Å². The molecule has 0 aromatic rings. The summed E-state index contributed by atoms with van der Waals surface area (Å²) in [6.45, 7) is 7.48. The Kier molecular flexibility index (Phi) is 4.87. The molecule has 1 aliphatic carbocycles. The molecule has 2 rings (SSSR count). The molecule has 1 heterocycles. The van der Waals surface area contributed by atoms with E-state index in [4.69, 9.17) is 0 Å². The maximum atomic E-state index is 3.57. The van der Waals surface area contributed by atoms with E-state index in [0.29, 0.717) is 0 Å². The number of nitrogens with zero attached hydrogens (tertiary/aromatic N) is 1.